The van der Waals surface area contributed by atoms with Gasteiger partial charge in [-0.2, -0.15) is 9.13 Å². The van der Waals surface area contributed by atoms with E-state index in [1.54, 1.807) is 0 Å². The fraction of sp³-hybridized carbons (Fsp3) is 0.697. The Morgan fingerprint density at radius 1 is 0.575 bits per heavy atom. The highest BCUT2D eigenvalue weighted by atomic mass is 79.9. The maximum atomic E-state index is 10.7. The van der Waals surface area contributed by atoms with Crippen LogP contribution in [0.15, 0.2) is 49.1 Å². The Kier molecular flexibility index (Phi) is 25.9. The molecule has 2 aromatic heterocycles. The minimum absolute atomic E-state index is 0. The lowest BCUT2D eigenvalue weighted by Gasteiger charge is -2.08. The van der Waals surface area contributed by atoms with Gasteiger partial charge in [0.05, 0.1) is 13.2 Å². The second-order valence-electron chi connectivity index (χ2n) is 10.8. The molecule has 0 atom stereocenters. The Hall–Kier alpha value is -1.18. The number of unbranched alkanes of at least 4 members (excludes halogenated alkanes) is 14. The molecule has 2 heterocycles. The summed E-state index contributed by atoms with van der Waals surface area (Å²) in [6.45, 7) is 7.07. The first-order valence-corrected chi connectivity index (χ1v) is 15.6. The maximum Gasteiger partial charge on any atom is 0.211 e. The summed E-state index contributed by atoms with van der Waals surface area (Å²) in [6, 6.07) is 7.97. The van der Waals surface area contributed by atoms with Gasteiger partial charge in [0, 0.05) is 12.1 Å². The first-order chi connectivity index (χ1) is 18.7. The summed E-state index contributed by atoms with van der Waals surface area (Å²) < 4.78 is 16.0. The minimum Gasteiger partial charge on any atom is -1.00 e. The zero-order valence-electron chi connectivity index (χ0n) is 25.3. The van der Waals surface area contributed by atoms with Gasteiger partial charge in [-0.1, -0.05) is 104 Å². The Labute approximate surface area is 266 Å². The SMILES string of the molecule is CCCCCCCCCCOc1ccc[n+](CC(O)C[n+]2cccc(OCCCCCCCCCC)c2)c1.[Br-].[Br-]. The number of hydrogen-bond acceptors (Lipinski definition) is 3. The van der Waals surface area contributed by atoms with Crippen molar-refractivity contribution < 1.29 is 57.7 Å². The van der Waals surface area contributed by atoms with Crippen LogP contribution in [0.3, 0.4) is 0 Å². The number of aliphatic hydroxyl groups excluding tert-OH is 1. The van der Waals surface area contributed by atoms with E-state index in [1.165, 1.54) is 89.9 Å². The third kappa shape index (κ3) is 19.8. The Morgan fingerprint density at radius 2 is 0.925 bits per heavy atom. The predicted molar refractivity (Wildman–Crippen MR) is 155 cm³/mol. The van der Waals surface area contributed by atoms with Gasteiger partial charge < -0.3 is 48.5 Å². The molecular formula is C33H56Br2N2O3. The minimum atomic E-state index is -0.504. The van der Waals surface area contributed by atoms with Crippen molar-refractivity contribution in [3.8, 4) is 11.5 Å². The predicted octanol–water partition coefficient (Wildman–Crippen LogP) is 1.37. The highest BCUT2D eigenvalue weighted by Crippen LogP contribution is 2.12. The topological polar surface area (TPSA) is 46.5 Å². The zero-order valence-corrected chi connectivity index (χ0v) is 28.4. The van der Waals surface area contributed by atoms with E-state index in [9.17, 15) is 5.11 Å². The van der Waals surface area contributed by atoms with Gasteiger partial charge in [-0.3, -0.25) is 0 Å². The number of halogens is 2. The van der Waals surface area contributed by atoms with Crippen LogP contribution in [0, 0.1) is 0 Å². The molecule has 5 nitrogen and oxygen atoms in total. The number of rotatable bonds is 24. The summed E-state index contributed by atoms with van der Waals surface area (Å²) in [4.78, 5) is 0. The van der Waals surface area contributed by atoms with Crippen LogP contribution in [0.25, 0.3) is 0 Å². The standard InChI is InChI=1S/C33H56N2O3.2BrH/c1-3-5-7-9-11-13-15-17-25-37-32-21-19-23-34(29-32)27-31(36)28-35-24-20-22-33(30-35)38-26-18-16-14-12-10-8-6-4-2;;/h19-24,29-31,36H,3-18,25-28H2,1-2H3;2*1H/q+2;;/p-2. The first-order valence-electron chi connectivity index (χ1n) is 15.6. The molecule has 0 unspecified atom stereocenters. The molecule has 0 aliphatic heterocycles. The van der Waals surface area contributed by atoms with Crippen molar-refractivity contribution in [1.29, 1.82) is 0 Å². The molecule has 1 N–H and O–H groups in total. The average molecular weight is 689 g/mol. The molecule has 0 amide bonds. The fourth-order valence-electron chi connectivity index (χ4n) is 4.79. The van der Waals surface area contributed by atoms with Crippen LogP contribution in [0.1, 0.15) is 117 Å². The molecular weight excluding hydrogens is 632 g/mol. The number of nitrogens with zero attached hydrogens (tertiary/aromatic N) is 2. The van der Waals surface area contributed by atoms with Gasteiger partial charge in [0.2, 0.25) is 12.4 Å². The van der Waals surface area contributed by atoms with Crippen molar-refractivity contribution in [3.05, 3.63) is 49.1 Å². The van der Waals surface area contributed by atoms with Crippen molar-refractivity contribution >= 4 is 0 Å². The monoisotopic (exact) mass is 686 g/mol. The van der Waals surface area contributed by atoms with Crippen LogP contribution in [0.5, 0.6) is 11.5 Å². The largest absolute Gasteiger partial charge is 1.00 e. The van der Waals surface area contributed by atoms with Crippen molar-refractivity contribution in [1.82, 2.24) is 0 Å². The lowest BCUT2D eigenvalue weighted by Crippen LogP contribution is -3.00. The van der Waals surface area contributed by atoms with Crippen LogP contribution >= 0.6 is 0 Å². The molecule has 2 aromatic rings. The number of aromatic nitrogens is 2. The molecule has 0 saturated carbocycles. The first kappa shape index (κ1) is 38.8. The van der Waals surface area contributed by atoms with E-state index in [0.29, 0.717) is 13.1 Å². The van der Waals surface area contributed by atoms with E-state index in [2.05, 4.69) is 13.8 Å². The van der Waals surface area contributed by atoms with Crippen LogP contribution < -0.4 is 52.6 Å². The fourth-order valence-corrected chi connectivity index (χ4v) is 4.79. The van der Waals surface area contributed by atoms with Gasteiger partial charge in [-0.15, -0.1) is 0 Å². The lowest BCUT2D eigenvalue weighted by molar-refractivity contribution is -0.738. The highest BCUT2D eigenvalue weighted by molar-refractivity contribution is 5.13. The molecule has 0 saturated heterocycles. The highest BCUT2D eigenvalue weighted by Gasteiger charge is 2.17. The molecule has 0 aliphatic carbocycles. The second-order valence-corrected chi connectivity index (χ2v) is 10.8. The van der Waals surface area contributed by atoms with Crippen LogP contribution in [-0.4, -0.2) is 24.4 Å². The second kappa shape index (κ2) is 26.7. The van der Waals surface area contributed by atoms with Gasteiger partial charge in [-0.05, 0) is 25.0 Å². The normalized spacial score (nSPS) is 10.7. The Balaban J connectivity index is 0.00000760. The van der Waals surface area contributed by atoms with E-state index >= 15 is 0 Å². The number of aliphatic hydroxyl groups is 1. The summed E-state index contributed by atoms with van der Waals surface area (Å²) in [5.41, 5.74) is 0. The Bertz CT molecular complexity index is 773. The molecule has 40 heavy (non-hydrogen) atoms. The van der Waals surface area contributed by atoms with Crippen molar-refractivity contribution in [3.63, 3.8) is 0 Å². The van der Waals surface area contributed by atoms with Gasteiger partial charge in [0.25, 0.3) is 0 Å². The molecule has 7 heteroatoms. The molecule has 2 rings (SSSR count). The van der Waals surface area contributed by atoms with E-state index in [0.717, 1.165) is 37.6 Å². The van der Waals surface area contributed by atoms with Crippen molar-refractivity contribution in [2.75, 3.05) is 13.2 Å². The number of hydrogen-bond donors (Lipinski definition) is 1. The van der Waals surface area contributed by atoms with E-state index in [4.69, 9.17) is 9.47 Å². The summed E-state index contributed by atoms with van der Waals surface area (Å²) in [5, 5.41) is 10.7. The molecule has 0 fully saturated rings. The quantitative estimate of drug-likeness (QED) is 0.134. The molecule has 0 radical (unpaired) electrons. The smallest absolute Gasteiger partial charge is 0.211 e. The van der Waals surface area contributed by atoms with Crippen LogP contribution in [0.2, 0.25) is 0 Å². The number of pyridine rings is 2. The van der Waals surface area contributed by atoms with Crippen molar-refractivity contribution in [2.24, 2.45) is 0 Å². The van der Waals surface area contributed by atoms with Gasteiger partial charge in [0.1, 0.15) is 0 Å². The van der Waals surface area contributed by atoms with E-state index < -0.39 is 6.10 Å². The molecule has 0 bridgehead atoms. The average Bonchev–Trinajstić information content (AvgIpc) is 2.91. The third-order valence-electron chi connectivity index (χ3n) is 7.04. The lowest BCUT2D eigenvalue weighted by atomic mass is 10.1. The van der Waals surface area contributed by atoms with E-state index in [-0.39, 0.29) is 34.0 Å². The van der Waals surface area contributed by atoms with Gasteiger partial charge in [-0.25, -0.2) is 0 Å². The summed E-state index contributed by atoms with van der Waals surface area (Å²) >= 11 is 0. The summed E-state index contributed by atoms with van der Waals surface area (Å²) in [6.07, 6.45) is 28.2. The summed E-state index contributed by atoms with van der Waals surface area (Å²) in [7, 11) is 0. The third-order valence-corrected chi connectivity index (χ3v) is 7.04. The van der Waals surface area contributed by atoms with Gasteiger partial charge >= 0.3 is 0 Å². The molecule has 230 valence electrons. The zero-order chi connectivity index (χ0) is 27.1. The molecule has 0 aromatic carbocycles. The van der Waals surface area contributed by atoms with Gasteiger partial charge in [0.15, 0.2) is 43.1 Å². The van der Waals surface area contributed by atoms with E-state index in [1.807, 2.05) is 58.2 Å². The number of ether oxygens (including phenoxy) is 2. The Morgan fingerprint density at radius 3 is 1.30 bits per heavy atom. The summed E-state index contributed by atoms with van der Waals surface area (Å²) in [5.74, 6) is 1.73. The van der Waals surface area contributed by atoms with Crippen LogP contribution in [-0.2, 0) is 13.1 Å². The van der Waals surface area contributed by atoms with Crippen LogP contribution in [0.4, 0.5) is 0 Å². The maximum absolute atomic E-state index is 10.7. The molecule has 0 spiro atoms. The van der Waals surface area contributed by atoms with Crippen molar-refractivity contribution in [2.45, 2.75) is 136 Å². The molecule has 0 aliphatic rings.